The van der Waals surface area contributed by atoms with Gasteiger partial charge in [-0.1, -0.05) is 6.92 Å². The number of halogens is 1. The highest BCUT2D eigenvalue weighted by Crippen LogP contribution is 2.32. The van der Waals surface area contributed by atoms with Gasteiger partial charge in [0.1, 0.15) is 5.82 Å². The van der Waals surface area contributed by atoms with Crippen molar-refractivity contribution < 1.29 is 9.50 Å². The number of rotatable bonds is 3. The third-order valence-electron chi connectivity index (χ3n) is 3.81. The number of nitrogens with one attached hydrogen (secondary N) is 1. The molecule has 2 rings (SSSR count). The Morgan fingerprint density at radius 3 is 2.72 bits per heavy atom. The molecule has 18 heavy (non-hydrogen) atoms. The first-order valence-electron chi connectivity index (χ1n) is 6.50. The zero-order valence-electron chi connectivity index (χ0n) is 10.7. The van der Waals surface area contributed by atoms with Crippen LogP contribution in [0.4, 0.5) is 15.8 Å². The van der Waals surface area contributed by atoms with E-state index in [1.165, 1.54) is 6.07 Å². The first kappa shape index (κ1) is 13.1. The summed E-state index contributed by atoms with van der Waals surface area (Å²) in [5.41, 5.74) is 5.59. The Hall–Kier alpha value is -1.29. The van der Waals surface area contributed by atoms with Crippen molar-refractivity contribution in [3.8, 4) is 0 Å². The van der Waals surface area contributed by atoms with Crippen LogP contribution in [0.3, 0.4) is 0 Å². The molecule has 0 amide bonds. The molecule has 0 aromatic heterocycles. The van der Waals surface area contributed by atoms with E-state index in [-0.39, 0.29) is 5.82 Å². The Morgan fingerprint density at radius 2 is 2.11 bits per heavy atom. The summed E-state index contributed by atoms with van der Waals surface area (Å²) in [7, 11) is 0. The third kappa shape index (κ3) is 3.13. The molecule has 1 saturated carbocycles. The highest BCUT2D eigenvalue weighted by molar-refractivity contribution is 5.52. The lowest BCUT2D eigenvalue weighted by atomic mass is 9.79. The predicted octanol–water partition coefficient (Wildman–Crippen LogP) is 2.76. The zero-order chi connectivity index (χ0) is 13.2. The van der Waals surface area contributed by atoms with Crippen LogP contribution in [0.15, 0.2) is 18.2 Å². The van der Waals surface area contributed by atoms with Crippen LogP contribution in [0.1, 0.15) is 32.6 Å². The van der Waals surface area contributed by atoms with Gasteiger partial charge in [0.25, 0.3) is 0 Å². The summed E-state index contributed by atoms with van der Waals surface area (Å²) < 4.78 is 13.6. The van der Waals surface area contributed by atoms with Crippen LogP contribution in [0.25, 0.3) is 0 Å². The van der Waals surface area contributed by atoms with Crippen molar-refractivity contribution in [3.63, 3.8) is 0 Å². The average Bonchev–Trinajstić information content (AvgIpc) is 2.32. The molecule has 1 aromatic rings. The Kier molecular flexibility index (Phi) is 3.76. The summed E-state index contributed by atoms with van der Waals surface area (Å²) in [5.74, 6) is 0.307. The Morgan fingerprint density at radius 1 is 1.44 bits per heavy atom. The van der Waals surface area contributed by atoms with Crippen molar-refractivity contribution in [2.75, 3.05) is 17.6 Å². The van der Waals surface area contributed by atoms with E-state index in [0.29, 0.717) is 23.8 Å². The number of benzene rings is 1. The van der Waals surface area contributed by atoms with Crippen molar-refractivity contribution in [1.29, 1.82) is 0 Å². The smallest absolute Gasteiger partial charge is 0.148 e. The Bertz CT molecular complexity index is 414. The summed E-state index contributed by atoms with van der Waals surface area (Å²) in [6.45, 7) is 2.59. The number of nitrogen functional groups attached to an aromatic ring is 1. The Labute approximate surface area is 107 Å². The fourth-order valence-electron chi connectivity index (χ4n) is 2.41. The topological polar surface area (TPSA) is 58.3 Å². The summed E-state index contributed by atoms with van der Waals surface area (Å²) in [5, 5.41) is 13.4. The molecular weight excluding hydrogens is 231 g/mol. The molecule has 1 aromatic carbocycles. The van der Waals surface area contributed by atoms with Crippen LogP contribution in [-0.4, -0.2) is 17.3 Å². The SMILES string of the molecule is CC1CCC(O)(CNc2ccc(N)cc2F)CC1. The van der Waals surface area contributed by atoms with Crippen molar-refractivity contribution in [1.82, 2.24) is 0 Å². The van der Waals surface area contributed by atoms with E-state index >= 15 is 0 Å². The van der Waals surface area contributed by atoms with Gasteiger partial charge in [-0.25, -0.2) is 4.39 Å². The van der Waals surface area contributed by atoms with Crippen LogP contribution in [-0.2, 0) is 0 Å². The van der Waals surface area contributed by atoms with Crippen molar-refractivity contribution >= 4 is 11.4 Å². The maximum Gasteiger partial charge on any atom is 0.148 e. The lowest BCUT2D eigenvalue weighted by Crippen LogP contribution is -2.40. The van der Waals surface area contributed by atoms with E-state index in [2.05, 4.69) is 12.2 Å². The van der Waals surface area contributed by atoms with Gasteiger partial charge in [-0.15, -0.1) is 0 Å². The second-order valence-corrected chi connectivity index (χ2v) is 5.50. The van der Waals surface area contributed by atoms with Crippen molar-refractivity contribution in [2.24, 2.45) is 5.92 Å². The maximum atomic E-state index is 13.6. The quantitative estimate of drug-likeness (QED) is 0.725. The zero-order valence-corrected chi connectivity index (χ0v) is 10.7. The fraction of sp³-hybridized carbons (Fsp3) is 0.571. The molecule has 1 fully saturated rings. The molecule has 0 radical (unpaired) electrons. The number of hydrogen-bond acceptors (Lipinski definition) is 3. The molecule has 0 atom stereocenters. The van der Waals surface area contributed by atoms with Gasteiger partial charge >= 0.3 is 0 Å². The van der Waals surface area contributed by atoms with Gasteiger partial charge in [0.15, 0.2) is 0 Å². The van der Waals surface area contributed by atoms with Gasteiger partial charge in [-0.05, 0) is 49.8 Å². The minimum Gasteiger partial charge on any atom is -0.399 e. The Balaban J connectivity index is 1.94. The largest absolute Gasteiger partial charge is 0.399 e. The second-order valence-electron chi connectivity index (χ2n) is 5.50. The van der Waals surface area contributed by atoms with Crippen LogP contribution in [0, 0.1) is 11.7 Å². The van der Waals surface area contributed by atoms with Crippen molar-refractivity contribution in [3.05, 3.63) is 24.0 Å². The van der Waals surface area contributed by atoms with Gasteiger partial charge in [-0.2, -0.15) is 0 Å². The summed E-state index contributed by atoms with van der Waals surface area (Å²) in [4.78, 5) is 0. The van der Waals surface area contributed by atoms with Gasteiger partial charge in [0.2, 0.25) is 0 Å². The molecule has 0 spiro atoms. The highest BCUT2D eigenvalue weighted by Gasteiger charge is 2.31. The molecule has 0 bridgehead atoms. The van der Waals surface area contributed by atoms with Gasteiger partial charge < -0.3 is 16.2 Å². The fourth-order valence-corrected chi connectivity index (χ4v) is 2.41. The normalized spacial score (nSPS) is 28.1. The predicted molar refractivity (Wildman–Crippen MR) is 71.9 cm³/mol. The highest BCUT2D eigenvalue weighted by atomic mass is 19.1. The first-order chi connectivity index (χ1) is 8.48. The van der Waals surface area contributed by atoms with E-state index in [0.717, 1.165) is 25.7 Å². The molecule has 0 saturated heterocycles. The molecule has 4 N–H and O–H groups in total. The number of anilines is 2. The van der Waals surface area contributed by atoms with E-state index < -0.39 is 5.60 Å². The van der Waals surface area contributed by atoms with Crippen LogP contribution < -0.4 is 11.1 Å². The molecule has 0 unspecified atom stereocenters. The molecule has 100 valence electrons. The standard InChI is InChI=1S/C14H21FN2O/c1-10-4-6-14(18,7-5-10)9-17-13-3-2-11(16)8-12(13)15/h2-3,8,10,17-18H,4-7,9,16H2,1H3. The second kappa shape index (κ2) is 5.14. The number of hydrogen-bond donors (Lipinski definition) is 3. The third-order valence-corrected chi connectivity index (χ3v) is 3.81. The maximum absolute atomic E-state index is 13.6. The number of aliphatic hydroxyl groups is 1. The first-order valence-corrected chi connectivity index (χ1v) is 6.50. The average molecular weight is 252 g/mol. The lowest BCUT2D eigenvalue weighted by Gasteiger charge is -2.35. The monoisotopic (exact) mass is 252 g/mol. The van der Waals surface area contributed by atoms with E-state index in [1.54, 1.807) is 12.1 Å². The molecule has 1 aliphatic carbocycles. The summed E-state index contributed by atoms with van der Waals surface area (Å²) >= 11 is 0. The molecule has 1 aliphatic rings. The minimum atomic E-state index is -0.708. The van der Waals surface area contributed by atoms with Crippen LogP contribution in [0.2, 0.25) is 0 Å². The van der Waals surface area contributed by atoms with E-state index in [1.807, 2.05) is 0 Å². The van der Waals surface area contributed by atoms with Gasteiger partial charge in [0.05, 0.1) is 11.3 Å². The molecule has 3 nitrogen and oxygen atoms in total. The molecule has 0 heterocycles. The lowest BCUT2D eigenvalue weighted by molar-refractivity contribution is 0.00497. The van der Waals surface area contributed by atoms with Crippen LogP contribution in [0.5, 0.6) is 0 Å². The minimum absolute atomic E-state index is 0.372. The number of nitrogens with two attached hydrogens (primary N) is 1. The molecular formula is C14H21FN2O. The van der Waals surface area contributed by atoms with Crippen molar-refractivity contribution in [2.45, 2.75) is 38.2 Å². The van der Waals surface area contributed by atoms with E-state index in [4.69, 9.17) is 5.73 Å². The molecule has 4 heteroatoms. The molecule has 0 aliphatic heterocycles. The van der Waals surface area contributed by atoms with Crippen LogP contribution >= 0.6 is 0 Å². The summed E-state index contributed by atoms with van der Waals surface area (Å²) in [6.07, 6.45) is 3.61. The summed E-state index contributed by atoms with van der Waals surface area (Å²) in [6, 6.07) is 4.55. The van der Waals surface area contributed by atoms with E-state index in [9.17, 15) is 9.50 Å². The van der Waals surface area contributed by atoms with Gasteiger partial charge in [0, 0.05) is 12.2 Å². The van der Waals surface area contributed by atoms with Gasteiger partial charge in [-0.3, -0.25) is 0 Å².